The quantitative estimate of drug-likeness (QED) is 0.736. The van der Waals surface area contributed by atoms with Gasteiger partial charge in [-0.05, 0) is 6.07 Å². The van der Waals surface area contributed by atoms with Crippen molar-refractivity contribution in [2.24, 2.45) is 0 Å². The first-order valence-corrected chi connectivity index (χ1v) is 4.80. The van der Waals surface area contributed by atoms with Crippen LogP contribution >= 0.6 is 11.3 Å². The highest BCUT2D eigenvalue weighted by molar-refractivity contribution is 7.10. The summed E-state index contributed by atoms with van der Waals surface area (Å²) in [5.74, 6) is 0. The molecule has 0 amide bonds. The van der Waals surface area contributed by atoms with Crippen LogP contribution in [0, 0.1) is 22.7 Å². The number of rotatable bonds is 4. The molecule has 1 heterocycles. The van der Waals surface area contributed by atoms with E-state index in [4.69, 9.17) is 10.5 Å². The van der Waals surface area contributed by atoms with E-state index in [1.807, 2.05) is 11.4 Å². The van der Waals surface area contributed by atoms with Crippen LogP contribution in [-0.4, -0.2) is 6.54 Å². The molecule has 0 aliphatic rings. The van der Waals surface area contributed by atoms with Gasteiger partial charge in [0.1, 0.15) is 6.07 Å². The molecule has 1 rings (SSSR count). The van der Waals surface area contributed by atoms with Crippen molar-refractivity contribution in [2.75, 3.05) is 6.54 Å². The van der Waals surface area contributed by atoms with E-state index in [9.17, 15) is 0 Å². The van der Waals surface area contributed by atoms with Crippen LogP contribution in [-0.2, 0) is 6.54 Å². The summed E-state index contributed by atoms with van der Waals surface area (Å²) in [4.78, 5) is 1.13. The molecule has 0 saturated heterocycles. The van der Waals surface area contributed by atoms with Crippen molar-refractivity contribution >= 4 is 11.3 Å². The molecule has 0 radical (unpaired) electrons. The molecule has 66 valence electrons. The molecule has 1 aromatic heterocycles. The molecule has 4 heteroatoms. The number of thiophene rings is 1. The highest BCUT2D eigenvalue weighted by Gasteiger charge is 1.97. The van der Waals surface area contributed by atoms with Gasteiger partial charge in [0.15, 0.2) is 0 Å². The van der Waals surface area contributed by atoms with E-state index in [0.29, 0.717) is 18.5 Å². The van der Waals surface area contributed by atoms with Crippen LogP contribution in [0.4, 0.5) is 0 Å². The first kappa shape index (κ1) is 9.73. The molecule has 0 unspecified atom stereocenters. The summed E-state index contributed by atoms with van der Waals surface area (Å²) in [5.41, 5.74) is 0.710. The third kappa shape index (κ3) is 3.25. The van der Waals surface area contributed by atoms with Crippen LogP contribution in [0.15, 0.2) is 11.4 Å². The molecule has 0 aliphatic carbocycles. The Labute approximate surface area is 81.2 Å². The lowest BCUT2D eigenvalue weighted by molar-refractivity contribution is 0.706. The average Bonchev–Trinajstić information content (AvgIpc) is 2.60. The first-order chi connectivity index (χ1) is 6.36. The van der Waals surface area contributed by atoms with E-state index in [-0.39, 0.29) is 0 Å². The van der Waals surface area contributed by atoms with Crippen molar-refractivity contribution < 1.29 is 0 Å². The second-order valence-corrected chi connectivity index (χ2v) is 3.49. The maximum absolute atomic E-state index is 8.55. The Morgan fingerprint density at radius 3 is 2.92 bits per heavy atom. The SMILES string of the molecule is N#CCCNCc1cc(C#N)cs1. The molecule has 0 fully saturated rings. The Balaban J connectivity index is 2.30. The standard InChI is InChI=1S/C9H9N3S/c10-2-1-3-12-6-9-4-8(5-11)7-13-9/h4,7,12H,1,3,6H2. The predicted octanol–water partition coefficient (Wildman–Crippen LogP) is 1.62. The molecule has 0 aromatic carbocycles. The predicted molar refractivity (Wildman–Crippen MR) is 51.0 cm³/mol. The number of nitrogens with one attached hydrogen (secondary N) is 1. The molecule has 0 saturated carbocycles. The van der Waals surface area contributed by atoms with Crippen molar-refractivity contribution in [3.63, 3.8) is 0 Å². The molecule has 3 nitrogen and oxygen atoms in total. The number of hydrogen-bond acceptors (Lipinski definition) is 4. The Hall–Kier alpha value is -1.36. The average molecular weight is 191 g/mol. The fourth-order valence-electron chi connectivity index (χ4n) is 0.888. The van der Waals surface area contributed by atoms with Crippen LogP contribution in [0.25, 0.3) is 0 Å². The fourth-order valence-corrected chi connectivity index (χ4v) is 1.67. The summed E-state index contributed by atoms with van der Waals surface area (Å²) in [7, 11) is 0. The molecule has 0 bridgehead atoms. The van der Waals surface area contributed by atoms with E-state index in [1.54, 1.807) is 11.3 Å². The molecule has 1 aromatic rings. The zero-order valence-electron chi connectivity index (χ0n) is 7.08. The van der Waals surface area contributed by atoms with Crippen molar-refractivity contribution in [1.82, 2.24) is 5.32 Å². The summed E-state index contributed by atoms with van der Waals surface area (Å²) in [6, 6.07) is 6.00. The zero-order valence-corrected chi connectivity index (χ0v) is 7.90. The van der Waals surface area contributed by atoms with Crippen molar-refractivity contribution in [1.29, 1.82) is 10.5 Å². The van der Waals surface area contributed by atoms with Gasteiger partial charge in [0.2, 0.25) is 0 Å². The Kier molecular flexibility index (Phi) is 3.98. The minimum Gasteiger partial charge on any atom is -0.311 e. The van der Waals surface area contributed by atoms with Gasteiger partial charge in [0, 0.05) is 29.8 Å². The molecule has 1 N–H and O–H groups in total. The summed E-state index contributed by atoms with van der Waals surface area (Å²) < 4.78 is 0. The lowest BCUT2D eigenvalue weighted by Gasteiger charge is -1.97. The number of nitriles is 2. The topological polar surface area (TPSA) is 59.6 Å². The summed E-state index contributed by atoms with van der Waals surface area (Å²) in [6.07, 6.45) is 0.524. The molecule has 0 spiro atoms. The van der Waals surface area contributed by atoms with Gasteiger partial charge in [-0.25, -0.2) is 0 Å². The van der Waals surface area contributed by atoms with Gasteiger partial charge >= 0.3 is 0 Å². The van der Waals surface area contributed by atoms with Crippen LogP contribution in [0.1, 0.15) is 16.9 Å². The van der Waals surface area contributed by atoms with Crippen LogP contribution < -0.4 is 5.32 Å². The van der Waals surface area contributed by atoms with Gasteiger partial charge in [0.05, 0.1) is 11.6 Å². The third-order valence-corrected chi connectivity index (χ3v) is 2.43. The molecule has 0 aliphatic heterocycles. The van der Waals surface area contributed by atoms with E-state index in [0.717, 1.165) is 11.4 Å². The Morgan fingerprint density at radius 2 is 2.31 bits per heavy atom. The molecule has 0 atom stereocenters. The largest absolute Gasteiger partial charge is 0.311 e. The van der Waals surface area contributed by atoms with Crippen molar-refractivity contribution in [3.05, 3.63) is 21.9 Å². The van der Waals surface area contributed by atoms with Gasteiger partial charge in [0.25, 0.3) is 0 Å². The highest BCUT2D eigenvalue weighted by atomic mass is 32.1. The van der Waals surface area contributed by atoms with E-state index in [2.05, 4.69) is 17.5 Å². The van der Waals surface area contributed by atoms with Crippen LogP contribution in [0.3, 0.4) is 0 Å². The van der Waals surface area contributed by atoms with E-state index in [1.165, 1.54) is 0 Å². The van der Waals surface area contributed by atoms with Gasteiger partial charge in [-0.3, -0.25) is 0 Å². The minimum absolute atomic E-state index is 0.524. The Morgan fingerprint density at radius 1 is 1.46 bits per heavy atom. The second-order valence-electron chi connectivity index (χ2n) is 2.50. The van der Waals surface area contributed by atoms with Crippen molar-refractivity contribution in [2.45, 2.75) is 13.0 Å². The number of nitrogens with zero attached hydrogens (tertiary/aromatic N) is 2. The fraction of sp³-hybridized carbons (Fsp3) is 0.333. The summed E-state index contributed by atoms with van der Waals surface area (Å²) in [6.45, 7) is 1.45. The van der Waals surface area contributed by atoms with Crippen LogP contribution in [0.5, 0.6) is 0 Å². The smallest absolute Gasteiger partial charge is 0.100 e. The van der Waals surface area contributed by atoms with Gasteiger partial charge in [-0.2, -0.15) is 10.5 Å². The first-order valence-electron chi connectivity index (χ1n) is 3.92. The van der Waals surface area contributed by atoms with Gasteiger partial charge in [-0.15, -0.1) is 11.3 Å². The number of hydrogen-bond donors (Lipinski definition) is 1. The van der Waals surface area contributed by atoms with Crippen LogP contribution in [0.2, 0.25) is 0 Å². The highest BCUT2D eigenvalue weighted by Crippen LogP contribution is 2.12. The second kappa shape index (κ2) is 5.31. The minimum atomic E-state index is 0.524. The van der Waals surface area contributed by atoms with Crippen molar-refractivity contribution in [3.8, 4) is 12.1 Å². The molecule has 13 heavy (non-hydrogen) atoms. The van der Waals surface area contributed by atoms with E-state index >= 15 is 0 Å². The Bertz CT molecular complexity index is 342. The van der Waals surface area contributed by atoms with Gasteiger partial charge in [-0.1, -0.05) is 0 Å². The lowest BCUT2D eigenvalue weighted by Crippen LogP contribution is -2.13. The molecular weight excluding hydrogens is 182 g/mol. The lowest BCUT2D eigenvalue weighted by atomic mass is 10.3. The zero-order chi connectivity index (χ0) is 9.52. The van der Waals surface area contributed by atoms with E-state index < -0.39 is 0 Å². The maximum Gasteiger partial charge on any atom is 0.100 e. The third-order valence-electron chi connectivity index (χ3n) is 1.50. The maximum atomic E-state index is 8.55. The summed E-state index contributed by atoms with van der Waals surface area (Å²) >= 11 is 1.56. The monoisotopic (exact) mass is 191 g/mol. The normalized spacial score (nSPS) is 9.08. The summed E-state index contributed by atoms with van der Waals surface area (Å²) in [5, 5.41) is 21.8. The molecular formula is C9H9N3S. The van der Waals surface area contributed by atoms with Gasteiger partial charge < -0.3 is 5.32 Å².